The van der Waals surface area contributed by atoms with Crippen LogP contribution in [0.3, 0.4) is 0 Å². The van der Waals surface area contributed by atoms with Crippen LogP contribution in [-0.2, 0) is 5.41 Å². The van der Waals surface area contributed by atoms with Gasteiger partial charge in [0.1, 0.15) is 5.41 Å². The van der Waals surface area contributed by atoms with E-state index in [1.54, 1.807) is 13.8 Å². The fourth-order valence-electron chi connectivity index (χ4n) is 2.44. The van der Waals surface area contributed by atoms with Gasteiger partial charge in [-0.3, -0.25) is 0 Å². The maximum absolute atomic E-state index is 9.25. The van der Waals surface area contributed by atoms with Gasteiger partial charge in [0.15, 0.2) is 5.82 Å². The van der Waals surface area contributed by atoms with E-state index in [1.165, 1.54) is 0 Å². The van der Waals surface area contributed by atoms with E-state index in [1.807, 2.05) is 60.7 Å². The Morgan fingerprint density at radius 2 is 1.48 bits per heavy atom. The van der Waals surface area contributed by atoms with Gasteiger partial charge in [0.05, 0.1) is 12.0 Å². The monoisotopic (exact) mass is 303 g/mol. The quantitative estimate of drug-likeness (QED) is 0.729. The third-order valence-electron chi connectivity index (χ3n) is 3.78. The summed E-state index contributed by atoms with van der Waals surface area (Å²) in [4.78, 5) is 4.51. The average molecular weight is 303 g/mol. The molecular formula is C19H17N3O. The third-order valence-corrected chi connectivity index (χ3v) is 3.78. The minimum absolute atomic E-state index is 0.121. The van der Waals surface area contributed by atoms with Crippen molar-refractivity contribution in [1.29, 1.82) is 5.26 Å². The van der Waals surface area contributed by atoms with E-state index in [0.29, 0.717) is 11.7 Å². The molecule has 4 heteroatoms. The standard InChI is InChI=1S/C19H17N3O/c1-19(2,13-20)18-21-17(22-23-18)16(14-9-5-3-6-10-14)15-11-7-4-8-12-15/h3-12,16H,1-2H3. The van der Waals surface area contributed by atoms with Crippen molar-refractivity contribution in [3.8, 4) is 6.07 Å². The molecule has 0 radical (unpaired) electrons. The Hall–Kier alpha value is -2.93. The smallest absolute Gasteiger partial charge is 0.246 e. The minimum Gasteiger partial charge on any atom is -0.338 e. The molecule has 4 nitrogen and oxygen atoms in total. The van der Waals surface area contributed by atoms with E-state index in [-0.39, 0.29) is 5.92 Å². The Morgan fingerprint density at radius 3 is 1.96 bits per heavy atom. The van der Waals surface area contributed by atoms with Crippen molar-refractivity contribution in [2.24, 2.45) is 0 Å². The van der Waals surface area contributed by atoms with Crippen molar-refractivity contribution < 1.29 is 4.52 Å². The van der Waals surface area contributed by atoms with Crippen LogP contribution in [0.4, 0.5) is 0 Å². The van der Waals surface area contributed by atoms with Crippen LogP contribution in [0.15, 0.2) is 65.2 Å². The second-order valence-electron chi connectivity index (χ2n) is 5.95. The van der Waals surface area contributed by atoms with E-state index < -0.39 is 5.41 Å². The molecule has 0 aliphatic carbocycles. The van der Waals surface area contributed by atoms with E-state index >= 15 is 0 Å². The van der Waals surface area contributed by atoms with Crippen LogP contribution in [-0.4, -0.2) is 10.1 Å². The van der Waals surface area contributed by atoms with Gasteiger partial charge < -0.3 is 4.52 Å². The first-order valence-electron chi connectivity index (χ1n) is 7.47. The van der Waals surface area contributed by atoms with Crippen molar-refractivity contribution >= 4 is 0 Å². The molecule has 114 valence electrons. The van der Waals surface area contributed by atoms with Gasteiger partial charge in [-0.05, 0) is 25.0 Å². The van der Waals surface area contributed by atoms with Gasteiger partial charge >= 0.3 is 0 Å². The Bertz CT molecular complexity index is 777. The fourth-order valence-corrected chi connectivity index (χ4v) is 2.44. The molecule has 0 amide bonds. The van der Waals surface area contributed by atoms with E-state index in [4.69, 9.17) is 4.52 Å². The molecule has 0 saturated heterocycles. The summed E-state index contributed by atoms with van der Waals surface area (Å²) in [6.07, 6.45) is 0. The van der Waals surface area contributed by atoms with Crippen LogP contribution >= 0.6 is 0 Å². The zero-order valence-electron chi connectivity index (χ0n) is 13.1. The lowest BCUT2D eigenvalue weighted by Gasteiger charge is -2.14. The molecule has 0 unspecified atom stereocenters. The molecule has 0 saturated carbocycles. The van der Waals surface area contributed by atoms with Crippen molar-refractivity contribution in [1.82, 2.24) is 10.1 Å². The number of nitrogens with zero attached hydrogens (tertiary/aromatic N) is 3. The van der Waals surface area contributed by atoms with Crippen LogP contribution in [0.25, 0.3) is 0 Å². The highest BCUT2D eigenvalue weighted by atomic mass is 16.5. The predicted molar refractivity (Wildman–Crippen MR) is 86.8 cm³/mol. The first-order valence-corrected chi connectivity index (χ1v) is 7.47. The summed E-state index contributed by atoms with van der Waals surface area (Å²) in [5.41, 5.74) is 1.37. The number of hydrogen-bond donors (Lipinski definition) is 0. The Kier molecular flexibility index (Phi) is 3.94. The zero-order valence-corrected chi connectivity index (χ0v) is 13.1. The number of hydrogen-bond acceptors (Lipinski definition) is 4. The molecule has 3 rings (SSSR count). The minimum atomic E-state index is -0.802. The third kappa shape index (κ3) is 3.00. The van der Waals surface area contributed by atoms with Crippen molar-refractivity contribution in [2.45, 2.75) is 25.2 Å². The molecule has 0 atom stereocenters. The van der Waals surface area contributed by atoms with E-state index in [2.05, 4.69) is 16.2 Å². The normalized spacial score (nSPS) is 11.4. The molecule has 2 aromatic carbocycles. The predicted octanol–water partition coefficient (Wildman–Crippen LogP) is 4.05. The molecule has 0 N–H and O–H groups in total. The summed E-state index contributed by atoms with van der Waals surface area (Å²) in [5.74, 6) is 0.789. The zero-order chi connectivity index (χ0) is 16.3. The summed E-state index contributed by atoms with van der Waals surface area (Å²) >= 11 is 0. The van der Waals surface area contributed by atoms with Gasteiger partial charge in [-0.2, -0.15) is 10.2 Å². The maximum atomic E-state index is 9.25. The first kappa shape index (κ1) is 15.0. The lowest BCUT2D eigenvalue weighted by molar-refractivity contribution is 0.337. The lowest BCUT2D eigenvalue weighted by Crippen LogP contribution is -2.15. The molecule has 0 fully saturated rings. The second-order valence-corrected chi connectivity index (χ2v) is 5.95. The summed E-state index contributed by atoms with van der Waals surface area (Å²) in [5, 5.41) is 13.4. The Morgan fingerprint density at radius 1 is 0.957 bits per heavy atom. The molecule has 3 aromatic rings. The van der Waals surface area contributed by atoms with Gasteiger partial charge in [0, 0.05) is 0 Å². The van der Waals surface area contributed by atoms with Crippen LogP contribution < -0.4 is 0 Å². The fraction of sp³-hybridized carbons (Fsp3) is 0.211. The van der Waals surface area contributed by atoms with Crippen LogP contribution in [0.1, 0.15) is 42.6 Å². The van der Waals surface area contributed by atoms with Crippen molar-refractivity contribution in [3.05, 3.63) is 83.5 Å². The van der Waals surface area contributed by atoms with Crippen molar-refractivity contribution in [3.63, 3.8) is 0 Å². The SMILES string of the molecule is CC(C)(C#N)c1nc(C(c2ccccc2)c2ccccc2)no1. The maximum Gasteiger partial charge on any atom is 0.246 e. The lowest BCUT2D eigenvalue weighted by atomic mass is 9.90. The second kappa shape index (κ2) is 6.05. The largest absolute Gasteiger partial charge is 0.338 e. The van der Waals surface area contributed by atoms with Crippen LogP contribution in [0.2, 0.25) is 0 Å². The summed E-state index contributed by atoms with van der Waals surface area (Å²) in [6.45, 7) is 3.54. The van der Waals surface area contributed by atoms with Gasteiger partial charge in [0.25, 0.3) is 0 Å². The summed E-state index contributed by atoms with van der Waals surface area (Å²) in [6, 6.07) is 22.3. The van der Waals surface area contributed by atoms with Crippen molar-refractivity contribution in [2.75, 3.05) is 0 Å². The van der Waals surface area contributed by atoms with Gasteiger partial charge in [-0.1, -0.05) is 65.8 Å². The number of benzene rings is 2. The number of rotatable bonds is 4. The summed E-state index contributed by atoms with van der Waals surface area (Å²) < 4.78 is 5.36. The summed E-state index contributed by atoms with van der Waals surface area (Å²) in [7, 11) is 0. The van der Waals surface area contributed by atoms with Gasteiger partial charge in [-0.15, -0.1) is 0 Å². The topological polar surface area (TPSA) is 62.7 Å². The Labute approximate surface area is 135 Å². The highest BCUT2D eigenvalue weighted by Crippen LogP contribution is 2.31. The molecule has 23 heavy (non-hydrogen) atoms. The highest BCUT2D eigenvalue weighted by Gasteiger charge is 2.30. The molecule has 1 heterocycles. The average Bonchev–Trinajstić information content (AvgIpc) is 3.08. The van der Waals surface area contributed by atoms with E-state index in [9.17, 15) is 5.26 Å². The van der Waals surface area contributed by atoms with Crippen LogP contribution in [0.5, 0.6) is 0 Å². The molecule has 0 aliphatic rings. The first-order chi connectivity index (χ1) is 11.1. The number of aromatic nitrogens is 2. The molecule has 0 aliphatic heterocycles. The molecule has 0 spiro atoms. The Balaban J connectivity index is 2.09. The van der Waals surface area contributed by atoms with Crippen LogP contribution in [0, 0.1) is 11.3 Å². The van der Waals surface area contributed by atoms with Gasteiger partial charge in [0.2, 0.25) is 5.89 Å². The van der Waals surface area contributed by atoms with Gasteiger partial charge in [-0.25, -0.2) is 0 Å². The molecule has 1 aromatic heterocycles. The highest BCUT2D eigenvalue weighted by molar-refractivity contribution is 5.38. The van der Waals surface area contributed by atoms with E-state index in [0.717, 1.165) is 11.1 Å². The molecule has 0 bridgehead atoms. The molecular weight excluding hydrogens is 286 g/mol. The number of nitriles is 1.